The summed E-state index contributed by atoms with van der Waals surface area (Å²) in [6.45, 7) is 11.4. The fraction of sp³-hybridized carbons (Fsp3) is 0.562. The first kappa shape index (κ1) is 14.6. The van der Waals surface area contributed by atoms with Crippen molar-refractivity contribution in [3.05, 3.63) is 29.8 Å². The van der Waals surface area contributed by atoms with E-state index in [1.807, 2.05) is 13.8 Å². The van der Waals surface area contributed by atoms with Crippen LogP contribution >= 0.6 is 0 Å². The molecule has 0 bridgehead atoms. The molecular formula is C16H24N2. The minimum Gasteiger partial charge on any atom is -0.385 e. The molecule has 0 atom stereocenters. The zero-order chi connectivity index (χ0) is 13.8. The predicted octanol–water partition coefficient (Wildman–Crippen LogP) is 4.34. The zero-order valence-corrected chi connectivity index (χ0v) is 12.2. The maximum atomic E-state index is 8.94. The van der Waals surface area contributed by atoms with Gasteiger partial charge in [0.1, 0.15) is 0 Å². The van der Waals surface area contributed by atoms with Crippen LogP contribution in [0, 0.1) is 16.7 Å². The van der Waals surface area contributed by atoms with Crippen LogP contribution in [0.5, 0.6) is 0 Å². The molecule has 0 saturated heterocycles. The van der Waals surface area contributed by atoms with Crippen molar-refractivity contribution in [3.63, 3.8) is 0 Å². The summed E-state index contributed by atoms with van der Waals surface area (Å²) < 4.78 is 0. The van der Waals surface area contributed by atoms with Gasteiger partial charge in [-0.05, 0) is 43.4 Å². The highest BCUT2D eigenvalue weighted by atomic mass is 14.9. The number of nitrogens with zero attached hydrogens (tertiary/aromatic N) is 1. The van der Waals surface area contributed by atoms with E-state index in [1.54, 1.807) is 0 Å². The molecule has 0 radical (unpaired) electrons. The molecule has 0 fully saturated rings. The predicted molar refractivity (Wildman–Crippen MR) is 77.6 cm³/mol. The van der Waals surface area contributed by atoms with Gasteiger partial charge in [0.2, 0.25) is 0 Å². The van der Waals surface area contributed by atoms with Gasteiger partial charge >= 0.3 is 0 Å². The Balaban J connectivity index is 2.53. The van der Waals surface area contributed by atoms with E-state index in [0.29, 0.717) is 0 Å². The highest BCUT2D eigenvalue weighted by Crippen LogP contribution is 2.24. The molecule has 0 spiro atoms. The average Bonchev–Trinajstić information content (AvgIpc) is 2.28. The Morgan fingerprint density at radius 2 is 1.61 bits per heavy atom. The van der Waals surface area contributed by atoms with Crippen molar-refractivity contribution in [3.8, 4) is 6.07 Å². The lowest BCUT2D eigenvalue weighted by Gasteiger charge is -2.20. The minimum atomic E-state index is -0.252. The number of nitrogens with one attached hydrogen (secondary N) is 1. The normalized spacial score (nSPS) is 12.0. The zero-order valence-electron chi connectivity index (χ0n) is 12.2. The Hall–Kier alpha value is -1.49. The van der Waals surface area contributed by atoms with E-state index in [-0.39, 0.29) is 10.8 Å². The Kier molecular flexibility index (Phi) is 4.40. The standard InChI is InChI=1S/C16H24N2/c1-15(2,3)13-6-8-14(9-7-13)18-11-10-16(4,5)12-17/h6-9,18H,10-11H2,1-5H3. The molecule has 0 amide bonds. The van der Waals surface area contributed by atoms with E-state index >= 15 is 0 Å². The van der Waals surface area contributed by atoms with Gasteiger partial charge in [0.05, 0.1) is 11.5 Å². The number of hydrogen-bond donors (Lipinski definition) is 1. The summed E-state index contributed by atoms with van der Waals surface area (Å²) >= 11 is 0. The second-order valence-corrected chi connectivity index (χ2v) is 6.50. The quantitative estimate of drug-likeness (QED) is 0.855. The number of rotatable bonds is 4. The molecule has 18 heavy (non-hydrogen) atoms. The third-order valence-electron chi connectivity index (χ3n) is 3.13. The van der Waals surface area contributed by atoms with Gasteiger partial charge in [-0.2, -0.15) is 5.26 Å². The molecule has 0 heterocycles. The monoisotopic (exact) mass is 244 g/mol. The van der Waals surface area contributed by atoms with Crippen molar-refractivity contribution in [2.45, 2.75) is 46.5 Å². The van der Waals surface area contributed by atoms with Gasteiger partial charge in [-0.1, -0.05) is 32.9 Å². The molecule has 1 aromatic carbocycles. The molecule has 1 rings (SSSR count). The first-order chi connectivity index (χ1) is 8.24. The number of nitriles is 1. The molecule has 1 aromatic rings. The summed E-state index contributed by atoms with van der Waals surface area (Å²) in [4.78, 5) is 0. The van der Waals surface area contributed by atoms with Crippen LogP contribution in [0.1, 0.15) is 46.6 Å². The van der Waals surface area contributed by atoms with Crippen LogP contribution < -0.4 is 5.32 Å². The molecule has 2 nitrogen and oxygen atoms in total. The summed E-state index contributed by atoms with van der Waals surface area (Å²) in [5.74, 6) is 0. The maximum Gasteiger partial charge on any atom is 0.0684 e. The third kappa shape index (κ3) is 4.41. The van der Waals surface area contributed by atoms with E-state index in [4.69, 9.17) is 5.26 Å². The van der Waals surface area contributed by atoms with E-state index in [0.717, 1.165) is 18.7 Å². The van der Waals surface area contributed by atoms with E-state index < -0.39 is 0 Å². The van der Waals surface area contributed by atoms with Gasteiger partial charge in [0.15, 0.2) is 0 Å². The van der Waals surface area contributed by atoms with Crippen molar-refractivity contribution >= 4 is 5.69 Å². The summed E-state index contributed by atoms with van der Waals surface area (Å²) in [7, 11) is 0. The second-order valence-electron chi connectivity index (χ2n) is 6.50. The largest absolute Gasteiger partial charge is 0.385 e. The molecule has 2 heteroatoms. The van der Waals surface area contributed by atoms with Crippen molar-refractivity contribution < 1.29 is 0 Å². The summed E-state index contributed by atoms with van der Waals surface area (Å²) in [5.41, 5.74) is 2.40. The highest BCUT2D eigenvalue weighted by Gasteiger charge is 2.16. The van der Waals surface area contributed by atoms with E-state index in [2.05, 4.69) is 56.4 Å². The highest BCUT2D eigenvalue weighted by molar-refractivity contribution is 5.45. The fourth-order valence-corrected chi connectivity index (χ4v) is 1.66. The van der Waals surface area contributed by atoms with Crippen LogP contribution in [0.3, 0.4) is 0 Å². The minimum absolute atomic E-state index is 0.196. The Morgan fingerprint density at radius 1 is 1.06 bits per heavy atom. The molecule has 0 unspecified atom stereocenters. The van der Waals surface area contributed by atoms with Crippen molar-refractivity contribution in [1.29, 1.82) is 5.26 Å². The maximum absolute atomic E-state index is 8.94. The van der Waals surface area contributed by atoms with Crippen molar-refractivity contribution in [2.75, 3.05) is 11.9 Å². The molecule has 0 aliphatic rings. The van der Waals surface area contributed by atoms with Gasteiger partial charge < -0.3 is 5.32 Å². The lowest BCUT2D eigenvalue weighted by Crippen LogP contribution is -2.15. The molecule has 0 aliphatic carbocycles. The Bertz CT molecular complexity index is 416. The van der Waals surface area contributed by atoms with Crippen LogP contribution in [0.2, 0.25) is 0 Å². The Labute approximate surface area is 111 Å². The van der Waals surface area contributed by atoms with Gasteiger partial charge in [-0.25, -0.2) is 0 Å². The lowest BCUT2D eigenvalue weighted by atomic mass is 9.87. The van der Waals surface area contributed by atoms with Crippen LogP contribution in [0.4, 0.5) is 5.69 Å². The SMILES string of the molecule is CC(C)(C#N)CCNc1ccc(C(C)(C)C)cc1. The number of benzene rings is 1. The van der Waals surface area contributed by atoms with Crippen LogP contribution in [-0.2, 0) is 5.41 Å². The number of hydrogen-bond acceptors (Lipinski definition) is 2. The fourth-order valence-electron chi connectivity index (χ4n) is 1.66. The first-order valence-electron chi connectivity index (χ1n) is 6.50. The lowest BCUT2D eigenvalue weighted by molar-refractivity contribution is 0.466. The first-order valence-corrected chi connectivity index (χ1v) is 6.50. The van der Waals surface area contributed by atoms with Crippen molar-refractivity contribution in [1.82, 2.24) is 0 Å². The van der Waals surface area contributed by atoms with Gasteiger partial charge in [0, 0.05) is 12.2 Å². The molecular weight excluding hydrogens is 220 g/mol. The van der Waals surface area contributed by atoms with Gasteiger partial charge in [-0.15, -0.1) is 0 Å². The average molecular weight is 244 g/mol. The van der Waals surface area contributed by atoms with Crippen LogP contribution in [-0.4, -0.2) is 6.54 Å². The number of anilines is 1. The summed E-state index contributed by atoms with van der Waals surface area (Å²) in [6.07, 6.45) is 0.852. The molecule has 98 valence electrons. The topological polar surface area (TPSA) is 35.8 Å². The van der Waals surface area contributed by atoms with Crippen LogP contribution in [0.15, 0.2) is 24.3 Å². The molecule has 0 saturated carbocycles. The van der Waals surface area contributed by atoms with Gasteiger partial charge in [-0.3, -0.25) is 0 Å². The molecule has 0 aromatic heterocycles. The summed E-state index contributed by atoms with van der Waals surface area (Å²) in [5, 5.41) is 12.3. The smallest absolute Gasteiger partial charge is 0.0684 e. The molecule has 1 N–H and O–H groups in total. The van der Waals surface area contributed by atoms with E-state index in [9.17, 15) is 0 Å². The second kappa shape index (κ2) is 5.44. The third-order valence-corrected chi connectivity index (χ3v) is 3.13. The molecule has 0 aliphatic heterocycles. The van der Waals surface area contributed by atoms with E-state index in [1.165, 1.54) is 5.56 Å². The van der Waals surface area contributed by atoms with Gasteiger partial charge in [0.25, 0.3) is 0 Å². The van der Waals surface area contributed by atoms with Crippen LogP contribution in [0.25, 0.3) is 0 Å². The Morgan fingerprint density at radius 3 is 2.06 bits per heavy atom. The van der Waals surface area contributed by atoms with Crippen molar-refractivity contribution in [2.24, 2.45) is 5.41 Å². The summed E-state index contributed by atoms with van der Waals surface area (Å²) in [6, 6.07) is 10.9.